The Labute approximate surface area is 99.3 Å². The van der Waals surface area contributed by atoms with Crippen molar-refractivity contribution in [1.29, 1.82) is 0 Å². The van der Waals surface area contributed by atoms with Crippen molar-refractivity contribution in [3.63, 3.8) is 0 Å². The van der Waals surface area contributed by atoms with Crippen LogP contribution in [0.5, 0.6) is 0 Å². The molecule has 3 rings (SSSR count). The quantitative estimate of drug-likeness (QED) is 0.637. The van der Waals surface area contributed by atoms with Crippen LogP contribution in [0.4, 0.5) is 5.82 Å². The largest absolute Gasteiger partial charge is 0.312 e. The molecule has 16 heavy (non-hydrogen) atoms. The summed E-state index contributed by atoms with van der Waals surface area (Å²) in [7, 11) is 1.86. The molecule has 0 bridgehead atoms. The smallest absolute Gasteiger partial charge is 0.241 e. The van der Waals surface area contributed by atoms with Crippen molar-refractivity contribution in [1.82, 2.24) is 15.1 Å². The topological polar surface area (TPSA) is 59.0 Å². The van der Waals surface area contributed by atoms with Crippen LogP contribution in [0.2, 0.25) is 0 Å². The number of aromatic nitrogens is 2. The van der Waals surface area contributed by atoms with Crippen molar-refractivity contribution in [3.05, 3.63) is 23.9 Å². The number of carbonyl (C=O) groups excluding carboxylic acids is 1. The number of aryl methyl sites for hydroxylation is 1. The molecule has 2 aliphatic heterocycles. The van der Waals surface area contributed by atoms with Gasteiger partial charge in [-0.25, -0.2) is 0 Å². The average Bonchev–Trinajstić information content (AvgIpc) is 2.69. The van der Waals surface area contributed by atoms with Gasteiger partial charge in [-0.05, 0) is 0 Å². The molecule has 0 aromatic carbocycles. The number of halogens is 1. The Morgan fingerprint density at radius 1 is 1.56 bits per heavy atom. The first-order chi connectivity index (χ1) is 7.22. The third kappa shape index (κ3) is 1.28. The fourth-order valence-corrected chi connectivity index (χ4v) is 2.26. The second-order valence-corrected chi connectivity index (χ2v) is 4.02. The maximum atomic E-state index is 11.9. The Kier molecular flexibility index (Phi) is 2.52. The van der Waals surface area contributed by atoms with E-state index < -0.39 is 5.41 Å². The normalized spacial score (nSPS) is 26.4. The summed E-state index contributed by atoms with van der Waals surface area (Å²) in [5.74, 6) is 0.708. The van der Waals surface area contributed by atoms with Gasteiger partial charge in [0.05, 0.1) is 0 Å². The van der Waals surface area contributed by atoms with Crippen molar-refractivity contribution in [2.75, 3.05) is 18.4 Å². The van der Waals surface area contributed by atoms with Gasteiger partial charge in [0, 0.05) is 31.9 Å². The highest BCUT2D eigenvalue weighted by Crippen LogP contribution is 2.38. The van der Waals surface area contributed by atoms with E-state index >= 15 is 0 Å². The Morgan fingerprint density at radius 2 is 2.38 bits per heavy atom. The molecule has 0 aliphatic carbocycles. The van der Waals surface area contributed by atoms with E-state index in [0.717, 1.165) is 12.1 Å². The Morgan fingerprint density at radius 3 is 3.06 bits per heavy atom. The molecule has 0 saturated heterocycles. The number of nitrogens with one attached hydrogen (secondary N) is 2. The summed E-state index contributed by atoms with van der Waals surface area (Å²) in [4.78, 5) is 11.9. The van der Waals surface area contributed by atoms with Gasteiger partial charge >= 0.3 is 0 Å². The summed E-state index contributed by atoms with van der Waals surface area (Å²) < 4.78 is 1.73. The number of fused-ring (bicyclic) bond motifs is 2. The lowest BCUT2D eigenvalue weighted by atomic mass is 9.81. The Balaban J connectivity index is 0.000000963. The van der Waals surface area contributed by atoms with E-state index in [1.807, 2.05) is 25.4 Å². The van der Waals surface area contributed by atoms with Gasteiger partial charge in [-0.3, -0.25) is 9.48 Å². The summed E-state index contributed by atoms with van der Waals surface area (Å²) in [6.07, 6.45) is 5.88. The molecule has 1 aromatic rings. The number of amides is 1. The molecule has 1 unspecified atom stereocenters. The predicted molar refractivity (Wildman–Crippen MR) is 62.8 cm³/mol. The van der Waals surface area contributed by atoms with Crippen LogP contribution in [-0.2, 0) is 17.3 Å². The van der Waals surface area contributed by atoms with E-state index in [0.29, 0.717) is 12.4 Å². The SMILES string of the molecule is Cl.Cn1cc2c(n1)NC(=O)C21C=CCNC1. The van der Waals surface area contributed by atoms with Gasteiger partial charge in [0.25, 0.3) is 0 Å². The number of rotatable bonds is 0. The van der Waals surface area contributed by atoms with Gasteiger partial charge in [0.2, 0.25) is 5.91 Å². The van der Waals surface area contributed by atoms with Crippen molar-refractivity contribution in [2.45, 2.75) is 5.41 Å². The lowest BCUT2D eigenvalue weighted by Crippen LogP contribution is -2.45. The summed E-state index contributed by atoms with van der Waals surface area (Å²) in [5, 5.41) is 10.2. The molecule has 0 radical (unpaired) electrons. The average molecular weight is 241 g/mol. The molecular weight excluding hydrogens is 228 g/mol. The molecule has 86 valence electrons. The first kappa shape index (κ1) is 11.2. The molecule has 1 aromatic heterocycles. The van der Waals surface area contributed by atoms with Crippen LogP contribution in [0.1, 0.15) is 5.56 Å². The monoisotopic (exact) mass is 240 g/mol. The predicted octanol–water partition coefficient (Wildman–Crippen LogP) is 0.191. The molecule has 2 N–H and O–H groups in total. The zero-order chi connectivity index (χ0) is 10.5. The lowest BCUT2D eigenvalue weighted by Gasteiger charge is -2.26. The lowest BCUT2D eigenvalue weighted by molar-refractivity contribution is -0.119. The second-order valence-electron chi connectivity index (χ2n) is 4.02. The van der Waals surface area contributed by atoms with Crippen LogP contribution in [0.3, 0.4) is 0 Å². The third-order valence-electron chi connectivity index (χ3n) is 3.01. The molecule has 5 nitrogen and oxygen atoms in total. The first-order valence-corrected chi connectivity index (χ1v) is 4.96. The van der Waals surface area contributed by atoms with Crippen molar-refractivity contribution in [2.24, 2.45) is 7.05 Å². The number of carbonyl (C=O) groups is 1. The summed E-state index contributed by atoms with van der Waals surface area (Å²) in [5.41, 5.74) is 0.431. The van der Waals surface area contributed by atoms with Crippen molar-refractivity contribution in [3.8, 4) is 0 Å². The molecule has 6 heteroatoms. The van der Waals surface area contributed by atoms with E-state index in [-0.39, 0.29) is 18.3 Å². The van der Waals surface area contributed by atoms with Gasteiger partial charge in [0.15, 0.2) is 5.82 Å². The molecule has 2 aliphatic rings. The minimum atomic E-state index is -0.540. The summed E-state index contributed by atoms with van der Waals surface area (Å²) in [6.45, 7) is 1.47. The van der Waals surface area contributed by atoms with Crippen LogP contribution in [-0.4, -0.2) is 28.8 Å². The third-order valence-corrected chi connectivity index (χ3v) is 3.01. The van der Waals surface area contributed by atoms with Crippen LogP contribution in [0.25, 0.3) is 0 Å². The first-order valence-electron chi connectivity index (χ1n) is 4.96. The van der Waals surface area contributed by atoms with Crippen LogP contribution >= 0.6 is 12.4 Å². The standard InChI is InChI=1S/C10H12N4O.ClH/c1-14-5-7-8(13-14)12-9(15)10(7)3-2-4-11-6-10;/h2-3,5,11H,4,6H2,1H3,(H,12,13,15);1H. The second kappa shape index (κ2) is 3.61. The number of nitrogens with zero attached hydrogens (tertiary/aromatic N) is 2. The van der Waals surface area contributed by atoms with Crippen molar-refractivity contribution < 1.29 is 4.79 Å². The highest BCUT2D eigenvalue weighted by Gasteiger charge is 2.47. The molecule has 0 fully saturated rings. The van der Waals surface area contributed by atoms with Gasteiger partial charge < -0.3 is 10.6 Å². The molecule has 0 saturated carbocycles. The van der Waals surface area contributed by atoms with E-state index in [1.54, 1.807) is 4.68 Å². The fraction of sp³-hybridized carbons (Fsp3) is 0.400. The minimum absolute atomic E-state index is 0. The van der Waals surface area contributed by atoms with Crippen molar-refractivity contribution >= 4 is 24.1 Å². The molecule has 1 amide bonds. The van der Waals surface area contributed by atoms with E-state index in [1.165, 1.54) is 0 Å². The molecule has 3 heterocycles. The van der Waals surface area contributed by atoms with E-state index in [2.05, 4.69) is 15.7 Å². The van der Waals surface area contributed by atoms with E-state index in [9.17, 15) is 4.79 Å². The number of hydrogen-bond donors (Lipinski definition) is 2. The maximum absolute atomic E-state index is 11.9. The number of anilines is 1. The highest BCUT2D eigenvalue weighted by atomic mass is 35.5. The molecular formula is C10H13ClN4O. The van der Waals surface area contributed by atoms with Gasteiger partial charge in [0.1, 0.15) is 5.41 Å². The van der Waals surface area contributed by atoms with Gasteiger partial charge in [-0.2, -0.15) is 5.10 Å². The summed E-state index contributed by atoms with van der Waals surface area (Å²) in [6, 6.07) is 0. The van der Waals surface area contributed by atoms with Crippen LogP contribution < -0.4 is 10.6 Å². The maximum Gasteiger partial charge on any atom is 0.241 e. The van der Waals surface area contributed by atoms with Gasteiger partial charge in [-0.1, -0.05) is 12.2 Å². The Hall–Kier alpha value is -1.33. The van der Waals surface area contributed by atoms with Crippen LogP contribution in [0.15, 0.2) is 18.3 Å². The zero-order valence-electron chi connectivity index (χ0n) is 8.86. The fourth-order valence-electron chi connectivity index (χ4n) is 2.26. The molecule has 1 spiro atoms. The number of hydrogen-bond acceptors (Lipinski definition) is 3. The zero-order valence-corrected chi connectivity index (χ0v) is 9.67. The minimum Gasteiger partial charge on any atom is -0.312 e. The Bertz CT molecular complexity index is 467. The summed E-state index contributed by atoms with van der Waals surface area (Å²) >= 11 is 0. The van der Waals surface area contributed by atoms with E-state index in [4.69, 9.17) is 0 Å². The van der Waals surface area contributed by atoms with Crippen LogP contribution in [0, 0.1) is 0 Å². The molecule has 1 atom stereocenters. The van der Waals surface area contributed by atoms with Gasteiger partial charge in [-0.15, -0.1) is 12.4 Å². The highest BCUT2D eigenvalue weighted by molar-refractivity contribution is 6.07.